The summed E-state index contributed by atoms with van der Waals surface area (Å²) in [6, 6.07) is 0.00312. The van der Waals surface area contributed by atoms with Crippen LogP contribution in [0.15, 0.2) is 0 Å². The van der Waals surface area contributed by atoms with E-state index in [2.05, 4.69) is 22.5 Å². The summed E-state index contributed by atoms with van der Waals surface area (Å²) in [4.78, 5) is 11.4. The van der Waals surface area contributed by atoms with Crippen molar-refractivity contribution >= 4 is 6.09 Å². The lowest BCUT2D eigenvalue weighted by atomic mass is 10.2. The third kappa shape index (κ3) is 9.67. The van der Waals surface area contributed by atoms with Gasteiger partial charge in [-0.25, -0.2) is 4.79 Å². The number of amides is 1. The Morgan fingerprint density at radius 3 is 2.59 bits per heavy atom. The monoisotopic (exact) mass is 241 g/mol. The minimum atomic E-state index is -0.483. The number of hydrogen-bond acceptors (Lipinski definition) is 4. The van der Waals surface area contributed by atoms with Crippen LogP contribution in [0.25, 0.3) is 0 Å². The van der Waals surface area contributed by atoms with Crippen molar-refractivity contribution in [3.8, 4) is 11.8 Å². The van der Waals surface area contributed by atoms with Crippen molar-refractivity contribution in [1.82, 2.24) is 10.6 Å². The average molecular weight is 241 g/mol. The molecule has 5 nitrogen and oxygen atoms in total. The van der Waals surface area contributed by atoms with Crippen LogP contribution in [0.2, 0.25) is 0 Å². The molecule has 4 N–H and O–H groups in total. The number of alkyl carbamates (subject to hydrolysis) is 1. The number of rotatable bonds is 5. The van der Waals surface area contributed by atoms with Crippen molar-refractivity contribution in [2.45, 2.75) is 39.3 Å². The van der Waals surface area contributed by atoms with Gasteiger partial charge in [0.1, 0.15) is 5.60 Å². The highest BCUT2D eigenvalue weighted by Gasteiger charge is 2.16. The zero-order chi connectivity index (χ0) is 13.3. The van der Waals surface area contributed by atoms with E-state index in [1.807, 2.05) is 20.8 Å². The number of ether oxygens (including phenoxy) is 1. The molecule has 0 aromatic rings. The highest BCUT2D eigenvalue weighted by Crippen LogP contribution is 2.06. The Bertz CT molecular complexity index is 286. The van der Waals surface area contributed by atoms with Gasteiger partial charge in [0, 0.05) is 19.1 Å². The summed E-state index contributed by atoms with van der Waals surface area (Å²) in [5, 5.41) is 5.78. The van der Waals surface area contributed by atoms with Gasteiger partial charge in [0.15, 0.2) is 0 Å². The van der Waals surface area contributed by atoms with Gasteiger partial charge >= 0.3 is 6.09 Å². The smallest absolute Gasteiger partial charge is 0.407 e. The van der Waals surface area contributed by atoms with E-state index in [-0.39, 0.29) is 6.04 Å². The number of nitrogens with two attached hydrogens (primary N) is 1. The molecule has 1 atom stereocenters. The highest BCUT2D eigenvalue weighted by molar-refractivity contribution is 5.67. The Kier molecular flexibility index (Phi) is 7.35. The highest BCUT2D eigenvalue weighted by atomic mass is 16.6. The average Bonchev–Trinajstić information content (AvgIpc) is 2.20. The summed E-state index contributed by atoms with van der Waals surface area (Å²) in [6.45, 7) is 8.66. The number of hydrogen-bond donors (Lipinski definition) is 3. The molecule has 5 heteroatoms. The minimum absolute atomic E-state index is 0.00312. The van der Waals surface area contributed by atoms with Gasteiger partial charge in [-0.3, -0.25) is 0 Å². The zero-order valence-corrected chi connectivity index (χ0v) is 11.1. The first-order valence-electron chi connectivity index (χ1n) is 5.69. The number of carbonyl (C=O) groups excluding carboxylic acids is 1. The lowest BCUT2D eigenvalue weighted by Crippen LogP contribution is -2.46. The molecule has 0 radical (unpaired) electrons. The van der Waals surface area contributed by atoms with E-state index in [0.29, 0.717) is 19.6 Å². The van der Waals surface area contributed by atoms with Crippen LogP contribution >= 0.6 is 0 Å². The zero-order valence-electron chi connectivity index (χ0n) is 11.1. The maximum atomic E-state index is 11.4. The van der Waals surface area contributed by atoms with E-state index in [1.54, 1.807) is 6.92 Å². The molecule has 17 heavy (non-hydrogen) atoms. The molecule has 0 aromatic carbocycles. The maximum Gasteiger partial charge on any atom is 0.407 e. The summed E-state index contributed by atoms with van der Waals surface area (Å²) in [7, 11) is 0. The van der Waals surface area contributed by atoms with Crippen LogP contribution in [0.5, 0.6) is 0 Å². The van der Waals surface area contributed by atoms with Gasteiger partial charge in [0.25, 0.3) is 0 Å². The SMILES string of the molecule is CC#CCNC(CN)CNC(=O)OC(C)(C)C. The van der Waals surface area contributed by atoms with Crippen LogP contribution in [0.1, 0.15) is 27.7 Å². The van der Waals surface area contributed by atoms with Crippen LogP contribution in [-0.4, -0.2) is 37.4 Å². The first-order valence-corrected chi connectivity index (χ1v) is 5.69. The maximum absolute atomic E-state index is 11.4. The van der Waals surface area contributed by atoms with E-state index in [0.717, 1.165) is 0 Å². The van der Waals surface area contributed by atoms with Crippen molar-refractivity contribution in [2.75, 3.05) is 19.6 Å². The molecule has 0 aliphatic rings. The quantitative estimate of drug-likeness (QED) is 0.611. The summed E-state index contributed by atoms with van der Waals surface area (Å²) in [5.74, 6) is 5.66. The molecule has 98 valence electrons. The van der Waals surface area contributed by atoms with E-state index in [1.165, 1.54) is 0 Å². The van der Waals surface area contributed by atoms with E-state index < -0.39 is 11.7 Å². The van der Waals surface area contributed by atoms with Gasteiger partial charge < -0.3 is 21.1 Å². The van der Waals surface area contributed by atoms with Crippen molar-refractivity contribution in [1.29, 1.82) is 0 Å². The molecule has 1 amide bonds. The summed E-state index contributed by atoms with van der Waals surface area (Å²) < 4.78 is 5.11. The molecule has 0 heterocycles. The predicted molar refractivity (Wildman–Crippen MR) is 68.5 cm³/mol. The summed E-state index contributed by atoms with van der Waals surface area (Å²) >= 11 is 0. The molecule has 0 aliphatic heterocycles. The molecule has 0 spiro atoms. The Morgan fingerprint density at radius 2 is 2.12 bits per heavy atom. The third-order valence-electron chi connectivity index (χ3n) is 1.83. The molecular formula is C12H23N3O2. The Morgan fingerprint density at radius 1 is 1.47 bits per heavy atom. The normalized spacial score (nSPS) is 12.3. The van der Waals surface area contributed by atoms with Crippen LogP contribution < -0.4 is 16.4 Å². The number of carbonyl (C=O) groups is 1. The molecule has 0 saturated heterocycles. The fraction of sp³-hybridized carbons (Fsp3) is 0.750. The first kappa shape index (κ1) is 15.8. The van der Waals surface area contributed by atoms with E-state index in [4.69, 9.17) is 10.5 Å². The molecular weight excluding hydrogens is 218 g/mol. The van der Waals surface area contributed by atoms with Gasteiger partial charge in [0.2, 0.25) is 0 Å². The summed E-state index contributed by atoms with van der Waals surface area (Å²) in [5.41, 5.74) is 5.08. The predicted octanol–water partition coefficient (Wildman–Crippen LogP) is 0.451. The van der Waals surface area contributed by atoms with Crippen LogP contribution in [0.3, 0.4) is 0 Å². The molecule has 0 bridgehead atoms. The van der Waals surface area contributed by atoms with Crippen molar-refractivity contribution in [2.24, 2.45) is 5.73 Å². The van der Waals surface area contributed by atoms with Crippen LogP contribution in [0.4, 0.5) is 4.79 Å². The fourth-order valence-electron chi connectivity index (χ4n) is 1.04. The van der Waals surface area contributed by atoms with Gasteiger partial charge in [0.05, 0.1) is 6.54 Å². The Balaban J connectivity index is 3.88. The molecule has 1 unspecified atom stereocenters. The number of nitrogens with one attached hydrogen (secondary N) is 2. The standard InChI is InChI=1S/C12H23N3O2/c1-5-6-7-14-10(8-13)9-15-11(16)17-12(2,3)4/h10,14H,7-9,13H2,1-4H3,(H,15,16). The van der Waals surface area contributed by atoms with Crippen LogP contribution in [0, 0.1) is 11.8 Å². The Hall–Kier alpha value is -1.25. The first-order chi connectivity index (χ1) is 7.89. The second-order valence-electron chi connectivity index (χ2n) is 4.62. The lowest BCUT2D eigenvalue weighted by Gasteiger charge is -2.21. The third-order valence-corrected chi connectivity index (χ3v) is 1.83. The minimum Gasteiger partial charge on any atom is -0.444 e. The molecule has 0 aromatic heterocycles. The van der Waals surface area contributed by atoms with Gasteiger partial charge in [-0.1, -0.05) is 5.92 Å². The van der Waals surface area contributed by atoms with E-state index in [9.17, 15) is 4.79 Å². The topological polar surface area (TPSA) is 76.4 Å². The van der Waals surface area contributed by atoms with Gasteiger partial charge in [-0.2, -0.15) is 0 Å². The molecule has 0 saturated carbocycles. The van der Waals surface area contributed by atoms with Crippen molar-refractivity contribution < 1.29 is 9.53 Å². The van der Waals surface area contributed by atoms with Crippen LogP contribution in [-0.2, 0) is 4.74 Å². The lowest BCUT2D eigenvalue weighted by molar-refractivity contribution is 0.0523. The fourth-order valence-corrected chi connectivity index (χ4v) is 1.04. The van der Waals surface area contributed by atoms with Gasteiger partial charge in [-0.15, -0.1) is 5.92 Å². The Labute approximate surface area is 103 Å². The second kappa shape index (κ2) is 7.93. The van der Waals surface area contributed by atoms with E-state index >= 15 is 0 Å². The molecule has 0 aliphatic carbocycles. The summed E-state index contributed by atoms with van der Waals surface area (Å²) in [6.07, 6.45) is -0.431. The molecule has 0 rings (SSSR count). The largest absolute Gasteiger partial charge is 0.444 e. The molecule has 0 fully saturated rings. The van der Waals surface area contributed by atoms with Crippen molar-refractivity contribution in [3.63, 3.8) is 0 Å². The van der Waals surface area contributed by atoms with Crippen molar-refractivity contribution in [3.05, 3.63) is 0 Å². The second-order valence-corrected chi connectivity index (χ2v) is 4.62. The van der Waals surface area contributed by atoms with Gasteiger partial charge in [-0.05, 0) is 27.7 Å².